The fourth-order valence-corrected chi connectivity index (χ4v) is 1.79. The van der Waals surface area contributed by atoms with Gasteiger partial charge in [0.25, 0.3) is 0 Å². The van der Waals surface area contributed by atoms with Crippen LogP contribution in [0.4, 0.5) is 14.6 Å². The van der Waals surface area contributed by atoms with Crippen molar-refractivity contribution in [3.8, 4) is 0 Å². The summed E-state index contributed by atoms with van der Waals surface area (Å²) in [5.41, 5.74) is 0.332. The fourth-order valence-electron chi connectivity index (χ4n) is 1.32. The molecule has 94 valence electrons. The molecule has 0 aliphatic heterocycles. The topological polar surface area (TPSA) is 37.8 Å². The minimum atomic E-state index is -0.612. The molecule has 2 rings (SSSR count). The Kier molecular flexibility index (Phi) is 4.08. The van der Waals surface area contributed by atoms with Gasteiger partial charge in [-0.2, -0.15) is 0 Å². The molecule has 0 radical (unpaired) electrons. The molecule has 0 saturated heterocycles. The molecule has 0 aliphatic carbocycles. The lowest BCUT2D eigenvalue weighted by molar-refractivity contribution is 0.574. The molecule has 3 nitrogen and oxygen atoms in total. The molecule has 7 heteroatoms. The first-order valence-electron chi connectivity index (χ1n) is 4.91. The van der Waals surface area contributed by atoms with Crippen molar-refractivity contribution < 1.29 is 8.78 Å². The van der Waals surface area contributed by atoms with Gasteiger partial charge < -0.3 is 5.32 Å². The van der Waals surface area contributed by atoms with Crippen molar-refractivity contribution in [3.63, 3.8) is 0 Å². The van der Waals surface area contributed by atoms with Crippen molar-refractivity contribution in [1.82, 2.24) is 9.97 Å². The van der Waals surface area contributed by atoms with E-state index in [0.29, 0.717) is 15.9 Å². The largest absolute Gasteiger partial charge is 0.365 e. The Morgan fingerprint density at radius 3 is 2.78 bits per heavy atom. The van der Waals surface area contributed by atoms with Gasteiger partial charge in [-0.1, -0.05) is 17.7 Å². The second-order valence-corrected chi connectivity index (χ2v) is 4.57. The lowest BCUT2D eigenvalue weighted by Crippen LogP contribution is -2.04. The first-order chi connectivity index (χ1) is 8.58. The van der Waals surface area contributed by atoms with Crippen LogP contribution in [0.1, 0.15) is 5.56 Å². The van der Waals surface area contributed by atoms with E-state index < -0.39 is 11.6 Å². The molecular weight excluding hydrogens is 327 g/mol. The highest BCUT2D eigenvalue weighted by Gasteiger charge is 2.08. The Hall–Kier alpha value is -1.27. The number of benzene rings is 1. The highest BCUT2D eigenvalue weighted by Crippen LogP contribution is 2.26. The van der Waals surface area contributed by atoms with Gasteiger partial charge in [-0.15, -0.1) is 0 Å². The normalized spacial score (nSPS) is 10.4. The quantitative estimate of drug-likeness (QED) is 0.868. The molecule has 0 saturated carbocycles. The molecule has 1 aromatic carbocycles. The van der Waals surface area contributed by atoms with Gasteiger partial charge in [0, 0.05) is 18.2 Å². The smallest absolute Gasteiger partial charge is 0.148 e. The van der Waals surface area contributed by atoms with Crippen LogP contribution in [0.15, 0.2) is 29.0 Å². The number of halogens is 4. The molecule has 1 N–H and O–H groups in total. The predicted molar refractivity (Wildman–Crippen MR) is 68.4 cm³/mol. The molecule has 0 aliphatic rings. The van der Waals surface area contributed by atoms with Crippen molar-refractivity contribution in [2.24, 2.45) is 0 Å². The van der Waals surface area contributed by atoms with Gasteiger partial charge >= 0.3 is 0 Å². The van der Waals surface area contributed by atoms with Crippen LogP contribution in [0, 0.1) is 11.6 Å². The van der Waals surface area contributed by atoms with E-state index in [9.17, 15) is 8.78 Å². The summed E-state index contributed by atoms with van der Waals surface area (Å²) in [5, 5.41) is 3.14. The molecule has 0 atom stereocenters. The molecule has 1 heterocycles. The number of nitrogens with zero attached hydrogens (tertiary/aromatic N) is 2. The van der Waals surface area contributed by atoms with E-state index in [2.05, 4.69) is 31.2 Å². The van der Waals surface area contributed by atoms with Crippen molar-refractivity contribution in [2.45, 2.75) is 6.54 Å². The van der Waals surface area contributed by atoms with Gasteiger partial charge in [-0.3, -0.25) is 0 Å². The third-order valence-corrected chi connectivity index (χ3v) is 3.47. The first-order valence-corrected chi connectivity index (χ1v) is 6.09. The van der Waals surface area contributed by atoms with E-state index in [1.807, 2.05) is 0 Å². The van der Waals surface area contributed by atoms with Crippen molar-refractivity contribution in [2.75, 3.05) is 5.32 Å². The molecule has 0 amide bonds. The second kappa shape index (κ2) is 5.58. The number of hydrogen-bond acceptors (Lipinski definition) is 3. The summed E-state index contributed by atoms with van der Waals surface area (Å²) < 4.78 is 26.6. The summed E-state index contributed by atoms with van der Waals surface area (Å²) in [6.45, 7) is 0.165. The minimum Gasteiger partial charge on any atom is -0.365 e. The standard InChI is InChI=1S/C11H7BrClF2N3/c12-9-10(13)17-5-18-11(9)16-4-6-1-2-7(14)3-8(6)15/h1-3,5H,4H2,(H,16,17,18). The zero-order valence-corrected chi connectivity index (χ0v) is 11.3. The number of anilines is 1. The molecule has 2 aromatic rings. The summed E-state index contributed by atoms with van der Waals surface area (Å²) >= 11 is 9.00. The van der Waals surface area contributed by atoms with E-state index in [-0.39, 0.29) is 11.7 Å². The van der Waals surface area contributed by atoms with Crippen LogP contribution in [-0.4, -0.2) is 9.97 Å². The number of hydrogen-bond donors (Lipinski definition) is 1. The van der Waals surface area contributed by atoms with Crippen LogP contribution in [0.5, 0.6) is 0 Å². The van der Waals surface area contributed by atoms with Crippen LogP contribution in [0.3, 0.4) is 0 Å². The highest BCUT2D eigenvalue weighted by atomic mass is 79.9. The maximum absolute atomic E-state index is 13.4. The van der Waals surface area contributed by atoms with Crippen LogP contribution in [-0.2, 0) is 6.54 Å². The van der Waals surface area contributed by atoms with Gasteiger partial charge in [0.2, 0.25) is 0 Å². The van der Waals surface area contributed by atoms with Gasteiger partial charge in [-0.25, -0.2) is 18.7 Å². The third kappa shape index (κ3) is 2.94. The highest BCUT2D eigenvalue weighted by molar-refractivity contribution is 9.10. The van der Waals surface area contributed by atoms with Crippen molar-refractivity contribution in [1.29, 1.82) is 0 Å². The number of aromatic nitrogens is 2. The van der Waals surface area contributed by atoms with E-state index in [1.165, 1.54) is 18.5 Å². The van der Waals surface area contributed by atoms with Crippen LogP contribution >= 0.6 is 27.5 Å². The average Bonchev–Trinajstić information content (AvgIpc) is 2.33. The van der Waals surface area contributed by atoms with E-state index in [0.717, 1.165) is 6.07 Å². The first kappa shape index (κ1) is 13.2. The zero-order chi connectivity index (χ0) is 13.1. The molecule has 0 fully saturated rings. The number of nitrogens with one attached hydrogen (secondary N) is 1. The average molecular weight is 335 g/mol. The lowest BCUT2D eigenvalue weighted by atomic mass is 10.2. The molecule has 1 aromatic heterocycles. The molecule has 0 spiro atoms. The molecule has 18 heavy (non-hydrogen) atoms. The third-order valence-electron chi connectivity index (χ3n) is 2.21. The Balaban J connectivity index is 2.14. The SMILES string of the molecule is Fc1ccc(CNc2ncnc(Cl)c2Br)c(F)c1. The predicted octanol–water partition coefficient (Wildman–Crippen LogP) is 3.78. The molecular formula is C11H7BrClF2N3. The van der Waals surface area contributed by atoms with Crippen LogP contribution in [0.2, 0.25) is 5.15 Å². The van der Waals surface area contributed by atoms with Gasteiger partial charge in [0.1, 0.15) is 28.9 Å². The maximum Gasteiger partial charge on any atom is 0.148 e. The second-order valence-electron chi connectivity index (χ2n) is 3.42. The van der Waals surface area contributed by atoms with E-state index in [4.69, 9.17) is 11.6 Å². The van der Waals surface area contributed by atoms with Gasteiger partial charge in [-0.05, 0) is 22.0 Å². The Morgan fingerprint density at radius 2 is 2.06 bits per heavy atom. The Labute approximate surface area is 115 Å². The number of rotatable bonds is 3. The Bertz CT molecular complexity index is 580. The fraction of sp³-hybridized carbons (Fsp3) is 0.0909. The molecule has 0 bridgehead atoms. The maximum atomic E-state index is 13.4. The summed E-state index contributed by atoms with van der Waals surface area (Å²) in [7, 11) is 0. The van der Waals surface area contributed by atoms with Gasteiger partial charge in [0.15, 0.2) is 0 Å². The van der Waals surface area contributed by atoms with Crippen LogP contribution < -0.4 is 5.32 Å². The summed E-state index contributed by atoms with van der Waals surface area (Å²) in [6.07, 6.45) is 1.29. The lowest BCUT2D eigenvalue weighted by Gasteiger charge is -2.08. The summed E-state index contributed by atoms with van der Waals surface area (Å²) in [5.74, 6) is -0.778. The van der Waals surface area contributed by atoms with Gasteiger partial charge in [0.05, 0.1) is 4.47 Å². The summed E-state index contributed by atoms with van der Waals surface area (Å²) in [4.78, 5) is 7.72. The zero-order valence-electron chi connectivity index (χ0n) is 8.92. The molecule has 0 unspecified atom stereocenters. The van der Waals surface area contributed by atoms with E-state index in [1.54, 1.807) is 0 Å². The minimum absolute atomic E-state index is 0.165. The van der Waals surface area contributed by atoms with Crippen molar-refractivity contribution >= 4 is 33.3 Å². The van der Waals surface area contributed by atoms with E-state index >= 15 is 0 Å². The van der Waals surface area contributed by atoms with Crippen molar-refractivity contribution in [3.05, 3.63) is 51.4 Å². The monoisotopic (exact) mass is 333 g/mol. The summed E-state index contributed by atoms with van der Waals surface area (Å²) in [6, 6.07) is 3.40. The Morgan fingerprint density at radius 1 is 1.28 bits per heavy atom. The van der Waals surface area contributed by atoms with Crippen LogP contribution in [0.25, 0.3) is 0 Å².